The van der Waals surface area contributed by atoms with Crippen molar-refractivity contribution in [1.82, 2.24) is 20.4 Å². The zero-order chi connectivity index (χ0) is 18.4. The summed E-state index contributed by atoms with van der Waals surface area (Å²) in [5.41, 5.74) is 0. The first-order valence-electron chi connectivity index (χ1n) is 10.6. The van der Waals surface area contributed by atoms with Crippen LogP contribution < -0.4 is 10.6 Å². The van der Waals surface area contributed by atoms with Gasteiger partial charge in [0, 0.05) is 51.7 Å². The highest BCUT2D eigenvalue weighted by atomic mass is 127. The van der Waals surface area contributed by atoms with Gasteiger partial charge in [-0.25, -0.2) is 0 Å². The number of halogens is 1. The molecule has 6 nitrogen and oxygen atoms in total. The molecule has 0 spiro atoms. The summed E-state index contributed by atoms with van der Waals surface area (Å²) >= 11 is 0. The van der Waals surface area contributed by atoms with E-state index in [2.05, 4.69) is 32.3 Å². The predicted molar refractivity (Wildman–Crippen MR) is 122 cm³/mol. The van der Waals surface area contributed by atoms with Crippen LogP contribution >= 0.6 is 24.0 Å². The van der Waals surface area contributed by atoms with Gasteiger partial charge in [0.2, 0.25) is 5.91 Å². The Morgan fingerprint density at radius 2 is 1.85 bits per heavy atom. The summed E-state index contributed by atoms with van der Waals surface area (Å²) in [5.74, 6) is 2.37. The van der Waals surface area contributed by atoms with Gasteiger partial charge >= 0.3 is 0 Å². The highest BCUT2D eigenvalue weighted by Crippen LogP contribution is 2.27. The summed E-state index contributed by atoms with van der Waals surface area (Å²) in [4.78, 5) is 21.6. The first-order valence-corrected chi connectivity index (χ1v) is 10.6. The molecular formula is C20H38IN5O. The van der Waals surface area contributed by atoms with Crippen LogP contribution in [0.2, 0.25) is 0 Å². The minimum atomic E-state index is 0. The molecule has 0 bridgehead atoms. The van der Waals surface area contributed by atoms with Gasteiger partial charge in [0.1, 0.15) is 0 Å². The number of piperidine rings is 1. The highest BCUT2D eigenvalue weighted by molar-refractivity contribution is 14.0. The van der Waals surface area contributed by atoms with E-state index >= 15 is 0 Å². The molecule has 2 unspecified atom stereocenters. The quantitative estimate of drug-likeness (QED) is 0.352. The van der Waals surface area contributed by atoms with Crippen molar-refractivity contribution >= 4 is 35.8 Å². The van der Waals surface area contributed by atoms with E-state index < -0.39 is 0 Å². The molecule has 2 atom stereocenters. The average molecular weight is 491 g/mol. The Kier molecular flexibility index (Phi) is 9.62. The molecular weight excluding hydrogens is 453 g/mol. The summed E-state index contributed by atoms with van der Waals surface area (Å²) in [7, 11) is 1.83. The normalized spacial score (nSPS) is 27.5. The molecule has 0 aromatic carbocycles. The van der Waals surface area contributed by atoms with E-state index in [0.717, 1.165) is 57.3 Å². The predicted octanol–water partition coefficient (Wildman–Crippen LogP) is 2.29. The second-order valence-electron chi connectivity index (χ2n) is 8.44. The van der Waals surface area contributed by atoms with Crippen LogP contribution in [0.1, 0.15) is 51.9 Å². The number of hydrogen-bond donors (Lipinski definition) is 2. The Bertz CT molecular complexity index is 495. The van der Waals surface area contributed by atoms with Gasteiger partial charge in [0.15, 0.2) is 5.96 Å². The lowest BCUT2D eigenvalue weighted by molar-refractivity contribution is -0.134. The van der Waals surface area contributed by atoms with Crippen molar-refractivity contribution in [2.24, 2.45) is 16.8 Å². The Morgan fingerprint density at radius 3 is 2.56 bits per heavy atom. The van der Waals surface area contributed by atoms with Gasteiger partial charge in [0.05, 0.1) is 0 Å². The van der Waals surface area contributed by atoms with Gasteiger partial charge in [0.25, 0.3) is 0 Å². The van der Waals surface area contributed by atoms with E-state index in [-0.39, 0.29) is 29.9 Å². The van der Waals surface area contributed by atoms with Gasteiger partial charge in [-0.2, -0.15) is 0 Å². The van der Waals surface area contributed by atoms with E-state index in [1.807, 2.05) is 7.05 Å². The first-order chi connectivity index (χ1) is 12.7. The van der Waals surface area contributed by atoms with Crippen molar-refractivity contribution in [2.45, 2.75) is 57.9 Å². The van der Waals surface area contributed by atoms with Crippen molar-refractivity contribution in [1.29, 1.82) is 0 Å². The maximum Gasteiger partial charge on any atom is 0.225 e. The molecule has 27 heavy (non-hydrogen) atoms. The maximum absolute atomic E-state index is 12.6. The van der Waals surface area contributed by atoms with Crippen LogP contribution in [-0.2, 0) is 4.79 Å². The fourth-order valence-corrected chi connectivity index (χ4v) is 4.72. The second-order valence-corrected chi connectivity index (χ2v) is 8.44. The molecule has 2 saturated heterocycles. The van der Waals surface area contributed by atoms with Crippen LogP contribution in [0.3, 0.4) is 0 Å². The fourth-order valence-electron chi connectivity index (χ4n) is 4.72. The van der Waals surface area contributed by atoms with E-state index in [4.69, 9.17) is 0 Å². The average Bonchev–Trinajstić information content (AvgIpc) is 3.32. The molecule has 1 amide bonds. The molecule has 156 valence electrons. The van der Waals surface area contributed by atoms with Gasteiger partial charge in [-0.1, -0.05) is 19.8 Å². The van der Waals surface area contributed by atoms with Crippen LogP contribution in [0.25, 0.3) is 0 Å². The highest BCUT2D eigenvalue weighted by Gasteiger charge is 2.32. The van der Waals surface area contributed by atoms with Gasteiger partial charge in [-0.15, -0.1) is 24.0 Å². The number of likely N-dealkylation sites (tertiary alicyclic amines) is 2. The third-order valence-electron chi connectivity index (χ3n) is 6.23. The molecule has 0 aromatic rings. The van der Waals surface area contributed by atoms with E-state index in [1.165, 1.54) is 38.8 Å². The number of rotatable bonds is 5. The monoisotopic (exact) mass is 491 g/mol. The Hall–Kier alpha value is -0.570. The van der Waals surface area contributed by atoms with Crippen LogP contribution in [0.5, 0.6) is 0 Å². The standard InChI is InChI=1S/C20H37N5O.HI/c1-16-6-5-11-24(14-16)13-10-22-20(21-2)23-18-9-12-25(15-18)19(26)17-7-3-4-8-17;/h16-18H,3-15H2,1-2H3,(H2,21,22,23);1H. The fraction of sp³-hybridized carbons (Fsp3) is 0.900. The third-order valence-corrected chi connectivity index (χ3v) is 6.23. The number of nitrogens with zero attached hydrogens (tertiary/aromatic N) is 3. The van der Waals surface area contributed by atoms with Crippen molar-refractivity contribution in [2.75, 3.05) is 46.3 Å². The molecule has 0 radical (unpaired) electrons. The smallest absolute Gasteiger partial charge is 0.225 e. The summed E-state index contributed by atoms with van der Waals surface area (Å²) in [6, 6.07) is 0.321. The number of nitrogens with one attached hydrogen (secondary N) is 2. The second kappa shape index (κ2) is 11.4. The third kappa shape index (κ3) is 6.76. The summed E-state index contributed by atoms with van der Waals surface area (Å²) in [6.45, 7) is 8.48. The zero-order valence-electron chi connectivity index (χ0n) is 17.1. The van der Waals surface area contributed by atoms with Gasteiger partial charge in [-0.05, 0) is 44.6 Å². The number of carbonyl (C=O) groups excluding carboxylic acids is 1. The number of hydrogen-bond acceptors (Lipinski definition) is 3. The Morgan fingerprint density at radius 1 is 1.07 bits per heavy atom. The minimum Gasteiger partial charge on any atom is -0.355 e. The molecule has 2 heterocycles. The van der Waals surface area contributed by atoms with Crippen molar-refractivity contribution in [3.8, 4) is 0 Å². The summed E-state index contributed by atoms with van der Waals surface area (Å²) < 4.78 is 0. The van der Waals surface area contributed by atoms with Crippen LogP contribution in [-0.4, -0.2) is 74.0 Å². The molecule has 3 rings (SSSR count). The maximum atomic E-state index is 12.6. The number of aliphatic imine (C=N–C) groups is 1. The molecule has 0 aromatic heterocycles. The minimum absolute atomic E-state index is 0. The van der Waals surface area contributed by atoms with Crippen molar-refractivity contribution < 1.29 is 4.79 Å². The molecule has 7 heteroatoms. The van der Waals surface area contributed by atoms with E-state index in [0.29, 0.717) is 11.9 Å². The van der Waals surface area contributed by atoms with Crippen LogP contribution in [0.4, 0.5) is 0 Å². The first kappa shape index (κ1) is 22.7. The molecule has 1 aliphatic carbocycles. The zero-order valence-corrected chi connectivity index (χ0v) is 19.4. The number of amides is 1. The van der Waals surface area contributed by atoms with Crippen LogP contribution in [0.15, 0.2) is 4.99 Å². The van der Waals surface area contributed by atoms with Gasteiger partial charge in [-0.3, -0.25) is 9.79 Å². The van der Waals surface area contributed by atoms with Crippen molar-refractivity contribution in [3.63, 3.8) is 0 Å². The Labute approximate surface area is 181 Å². The summed E-state index contributed by atoms with van der Waals surface area (Å²) in [5, 5.41) is 6.97. The van der Waals surface area contributed by atoms with Gasteiger partial charge < -0.3 is 20.4 Å². The molecule has 3 fully saturated rings. The Balaban J connectivity index is 0.00000261. The molecule has 2 N–H and O–H groups in total. The largest absolute Gasteiger partial charge is 0.355 e. The molecule has 1 saturated carbocycles. The SMILES string of the molecule is CN=C(NCCN1CCCC(C)C1)NC1CCN(C(=O)C2CCCC2)C1.I. The number of carbonyl (C=O) groups is 1. The topological polar surface area (TPSA) is 60.0 Å². The van der Waals surface area contributed by atoms with Crippen LogP contribution in [0, 0.1) is 11.8 Å². The van der Waals surface area contributed by atoms with E-state index in [9.17, 15) is 4.79 Å². The van der Waals surface area contributed by atoms with Crippen molar-refractivity contribution in [3.05, 3.63) is 0 Å². The molecule has 3 aliphatic rings. The molecule has 2 aliphatic heterocycles. The number of guanidine groups is 1. The van der Waals surface area contributed by atoms with E-state index in [1.54, 1.807) is 0 Å². The lowest BCUT2D eigenvalue weighted by Crippen LogP contribution is -2.47. The lowest BCUT2D eigenvalue weighted by atomic mass is 10.0. The lowest BCUT2D eigenvalue weighted by Gasteiger charge is -2.31. The summed E-state index contributed by atoms with van der Waals surface area (Å²) in [6.07, 6.45) is 8.32.